The summed E-state index contributed by atoms with van der Waals surface area (Å²) < 4.78 is 28.1. The maximum absolute atomic E-state index is 12.7. The Hall–Kier alpha value is -1.50. The van der Waals surface area contributed by atoms with E-state index in [1.165, 1.54) is 12.8 Å². The largest absolute Gasteiger partial charge is 0.302 e. The lowest BCUT2D eigenvalue weighted by molar-refractivity contribution is 0.187. The summed E-state index contributed by atoms with van der Waals surface area (Å²) in [4.78, 5) is 6.92. The minimum Gasteiger partial charge on any atom is -0.302 e. The zero-order chi connectivity index (χ0) is 17.2. The molecular weight excluding hydrogens is 322 g/mol. The number of likely N-dealkylation sites (tertiary alicyclic amines) is 1. The van der Waals surface area contributed by atoms with Gasteiger partial charge in [0, 0.05) is 31.2 Å². The van der Waals surface area contributed by atoms with E-state index in [0.717, 1.165) is 30.6 Å². The molecule has 0 saturated carbocycles. The molecule has 1 aromatic heterocycles. The van der Waals surface area contributed by atoms with Crippen LogP contribution in [0.1, 0.15) is 25.3 Å². The van der Waals surface area contributed by atoms with Crippen LogP contribution in [0.3, 0.4) is 0 Å². The standard InChI is InChI=1S/C18H25N3O2S/c1-14-5-4-9-21(13-14)10-8-20-24(22,23)17-7-3-6-16-11-15(2)12-19-18(16)17/h3,6-7,11-12,14,20H,4-5,8-10,13H2,1-2H3. The number of nitrogens with zero attached hydrogens (tertiary/aromatic N) is 2. The van der Waals surface area contributed by atoms with Crippen LogP contribution in [0, 0.1) is 12.8 Å². The summed E-state index contributed by atoms with van der Waals surface area (Å²) in [7, 11) is -3.55. The number of rotatable bonds is 5. The highest BCUT2D eigenvalue weighted by Crippen LogP contribution is 2.21. The zero-order valence-electron chi connectivity index (χ0n) is 14.3. The summed E-state index contributed by atoms with van der Waals surface area (Å²) in [6, 6.07) is 7.24. The highest BCUT2D eigenvalue weighted by Gasteiger charge is 2.20. The fraction of sp³-hybridized carbons (Fsp3) is 0.500. The van der Waals surface area contributed by atoms with Gasteiger partial charge in [-0.25, -0.2) is 13.1 Å². The van der Waals surface area contributed by atoms with Crippen LogP contribution in [-0.4, -0.2) is 44.5 Å². The molecule has 3 rings (SSSR count). The molecule has 24 heavy (non-hydrogen) atoms. The second-order valence-electron chi connectivity index (χ2n) is 6.79. The van der Waals surface area contributed by atoms with E-state index in [2.05, 4.69) is 21.5 Å². The van der Waals surface area contributed by atoms with Crippen LogP contribution >= 0.6 is 0 Å². The van der Waals surface area contributed by atoms with Crippen molar-refractivity contribution in [1.29, 1.82) is 0 Å². The molecule has 0 radical (unpaired) electrons. The van der Waals surface area contributed by atoms with Crippen molar-refractivity contribution in [3.05, 3.63) is 36.0 Å². The number of nitrogens with one attached hydrogen (secondary N) is 1. The fourth-order valence-corrected chi connectivity index (χ4v) is 4.56. The van der Waals surface area contributed by atoms with Gasteiger partial charge in [-0.1, -0.05) is 19.1 Å². The third kappa shape index (κ3) is 3.94. The molecule has 2 aromatic rings. The molecule has 0 aliphatic carbocycles. The summed E-state index contributed by atoms with van der Waals surface area (Å²) in [5.74, 6) is 0.695. The molecule has 5 nitrogen and oxygen atoms in total. The first-order chi connectivity index (χ1) is 11.5. The van der Waals surface area contributed by atoms with Crippen LogP contribution in [0.15, 0.2) is 35.4 Å². The monoisotopic (exact) mass is 347 g/mol. The number of hydrogen-bond acceptors (Lipinski definition) is 4. The Morgan fingerprint density at radius 2 is 2.21 bits per heavy atom. The number of fused-ring (bicyclic) bond motifs is 1. The Morgan fingerprint density at radius 1 is 1.38 bits per heavy atom. The van der Waals surface area contributed by atoms with Gasteiger partial charge in [-0.05, 0) is 49.9 Å². The molecule has 1 atom stereocenters. The van der Waals surface area contributed by atoms with Crippen molar-refractivity contribution in [2.75, 3.05) is 26.2 Å². The number of piperidine rings is 1. The van der Waals surface area contributed by atoms with E-state index in [4.69, 9.17) is 0 Å². The molecule has 6 heteroatoms. The van der Waals surface area contributed by atoms with Crippen molar-refractivity contribution in [1.82, 2.24) is 14.6 Å². The van der Waals surface area contributed by atoms with Gasteiger partial charge < -0.3 is 4.90 Å². The maximum atomic E-state index is 12.7. The lowest BCUT2D eigenvalue weighted by Crippen LogP contribution is -2.40. The first-order valence-electron chi connectivity index (χ1n) is 8.53. The molecule has 0 amide bonds. The number of sulfonamides is 1. The summed E-state index contributed by atoms with van der Waals surface area (Å²) in [6.07, 6.45) is 4.17. The molecule has 0 bridgehead atoms. The van der Waals surface area contributed by atoms with Crippen molar-refractivity contribution in [2.45, 2.75) is 31.6 Å². The normalized spacial score (nSPS) is 19.7. The van der Waals surface area contributed by atoms with Gasteiger partial charge in [0.1, 0.15) is 4.90 Å². The topological polar surface area (TPSA) is 62.3 Å². The van der Waals surface area contributed by atoms with Crippen molar-refractivity contribution < 1.29 is 8.42 Å². The first-order valence-corrected chi connectivity index (χ1v) is 10.0. The van der Waals surface area contributed by atoms with Crippen molar-refractivity contribution >= 4 is 20.9 Å². The fourth-order valence-electron chi connectivity index (χ4n) is 3.37. The molecule has 1 fully saturated rings. The summed E-state index contributed by atoms with van der Waals surface area (Å²) in [5.41, 5.74) is 1.55. The van der Waals surface area contributed by atoms with E-state index in [9.17, 15) is 8.42 Å². The maximum Gasteiger partial charge on any atom is 0.242 e. The minimum absolute atomic E-state index is 0.256. The van der Waals surface area contributed by atoms with Crippen LogP contribution in [0.2, 0.25) is 0 Å². The van der Waals surface area contributed by atoms with Gasteiger partial charge >= 0.3 is 0 Å². The van der Waals surface area contributed by atoms with Gasteiger partial charge in [-0.15, -0.1) is 0 Å². The molecule has 1 aromatic carbocycles. The van der Waals surface area contributed by atoms with Gasteiger partial charge in [0.25, 0.3) is 0 Å². The van der Waals surface area contributed by atoms with E-state index >= 15 is 0 Å². The molecule has 1 aliphatic heterocycles. The smallest absolute Gasteiger partial charge is 0.242 e. The Balaban J connectivity index is 1.71. The average molecular weight is 347 g/mol. The van der Waals surface area contributed by atoms with Crippen LogP contribution in [0.5, 0.6) is 0 Å². The summed E-state index contributed by atoms with van der Waals surface area (Å²) >= 11 is 0. The zero-order valence-corrected chi connectivity index (χ0v) is 15.1. The number of para-hydroxylation sites is 1. The molecule has 2 heterocycles. The van der Waals surface area contributed by atoms with Gasteiger partial charge in [0.15, 0.2) is 0 Å². The van der Waals surface area contributed by atoms with Crippen LogP contribution in [0.4, 0.5) is 0 Å². The van der Waals surface area contributed by atoms with Gasteiger partial charge in [0.2, 0.25) is 10.0 Å². The van der Waals surface area contributed by atoms with E-state index in [1.807, 2.05) is 19.1 Å². The SMILES string of the molecule is Cc1cnc2c(S(=O)(=O)NCCN3CCCC(C)C3)cccc2c1. The molecule has 1 unspecified atom stereocenters. The third-order valence-electron chi connectivity index (χ3n) is 4.56. The van der Waals surface area contributed by atoms with Crippen molar-refractivity contribution in [3.8, 4) is 0 Å². The number of aryl methyl sites for hydroxylation is 1. The third-order valence-corrected chi connectivity index (χ3v) is 6.05. The average Bonchev–Trinajstić information content (AvgIpc) is 2.54. The quantitative estimate of drug-likeness (QED) is 0.903. The minimum atomic E-state index is -3.55. The Kier molecular flexibility index (Phi) is 5.18. The second kappa shape index (κ2) is 7.17. The first kappa shape index (κ1) is 17.3. The molecule has 130 valence electrons. The molecule has 1 aliphatic rings. The number of hydrogen-bond donors (Lipinski definition) is 1. The number of aromatic nitrogens is 1. The van der Waals surface area contributed by atoms with E-state index in [-0.39, 0.29) is 4.90 Å². The van der Waals surface area contributed by atoms with Gasteiger partial charge in [-0.2, -0.15) is 0 Å². The summed E-state index contributed by atoms with van der Waals surface area (Å²) in [5, 5.41) is 0.850. The van der Waals surface area contributed by atoms with E-state index in [0.29, 0.717) is 18.0 Å². The van der Waals surface area contributed by atoms with Gasteiger partial charge in [-0.3, -0.25) is 4.98 Å². The van der Waals surface area contributed by atoms with Gasteiger partial charge in [0.05, 0.1) is 5.52 Å². The predicted octanol–water partition coefficient (Wildman–Crippen LogP) is 2.55. The van der Waals surface area contributed by atoms with Crippen LogP contribution < -0.4 is 4.72 Å². The number of benzene rings is 1. The van der Waals surface area contributed by atoms with Crippen molar-refractivity contribution in [2.24, 2.45) is 5.92 Å². The number of pyridine rings is 1. The highest BCUT2D eigenvalue weighted by atomic mass is 32.2. The lowest BCUT2D eigenvalue weighted by Gasteiger charge is -2.30. The van der Waals surface area contributed by atoms with E-state index < -0.39 is 10.0 Å². The van der Waals surface area contributed by atoms with Crippen LogP contribution in [0.25, 0.3) is 10.9 Å². The predicted molar refractivity (Wildman–Crippen MR) is 96.5 cm³/mol. The molecule has 1 saturated heterocycles. The summed E-state index contributed by atoms with van der Waals surface area (Å²) in [6.45, 7) is 7.49. The molecule has 0 spiro atoms. The van der Waals surface area contributed by atoms with Crippen molar-refractivity contribution in [3.63, 3.8) is 0 Å². The Morgan fingerprint density at radius 3 is 3.00 bits per heavy atom. The Bertz CT molecular complexity index is 820. The molecule has 1 N–H and O–H groups in total. The lowest BCUT2D eigenvalue weighted by atomic mass is 10.0. The second-order valence-corrected chi connectivity index (χ2v) is 8.52. The van der Waals surface area contributed by atoms with E-state index in [1.54, 1.807) is 18.3 Å². The van der Waals surface area contributed by atoms with Crippen LogP contribution in [-0.2, 0) is 10.0 Å². The molecular formula is C18H25N3O2S. The highest BCUT2D eigenvalue weighted by molar-refractivity contribution is 7.89. The Labute approximate surface area is 144 Å².